The zero-order chi connectivity index (χ0) is 15.4. The van der Waals surface area contributed by atoms with E-state index in [2.05, 4.69) is 10.3 Å². The van der Waals surface area contributed by atoms with Crippen molar-refractivity contribution in [2.45, 2.75) is 52.0 Å². The van der Waals surface area contributed by atoms with Crippen LogP contribution in [0.15, 0.2) is 0 Å². The van der Waals surface area contributed by atoms with E-state index >= 15 is 0 Å². The highest BCUT2D eigenvalue weighted by atomic mass is 32.1. The number of anilines is 1. The van der Waals surface area contributed by atoms with Gasteiger partial charge in [0.25, 0.3) is 0 Å². The van der Waals surface area contributed by atoms with Crippen LogP contribution in [0.1, 0.15) is 43.2 Å². The monoisotopic (exact) mass is 311 g/mol. The Bertz CT molecular complexity index is 530. The fourth-order valence-corrected chi connectivity index (χ4v) is 3.47. The molecular formula is C14H21N3O3S. The SMILES string of the molecule is CCc1nc(NC(=O)N2CCCCCC2C(=O)O)sc1C. The Morgan fingerprint density at radius 1 is 1.43 bits per heavy atom. The number of rotatable bonds is 3. The average molecular weight is 311 g/mol. The molecule has 0 aromatic carbocycles. The molecule has 2 rings (SSSR count). The molecule has 1 aromatic rings. The second-order valence-electron chi connectivity index (χ2n) is 5.20. The number of carboxylic acids is 1. The van der Waals surface area contributed by atoms with E-state index in [9.17, 15) is 14.7 Å². The molecule has 2 amide bonds. The fraction of sp³-hybridized carbons (Fsp3) is 0.643. The van der Waals surface area contributed by atoms with E-state index < -0.39 is 12.0 Å². The molecule has 2 heterocycles. The standard InChI is InChI=1S/C14H21N3O3S/c1-3-10-9(2)21-13(15-10)16-14(20)17-8-6-4-5-7-11(17)12(18)19/h11H,3-8H2,1-2H3,(H,18,19)(H,15,16,20). The van der Waals surface area contributed by atoms with Gasteiger partial charge in [0.1, 0.15) is 6.04 Å². The second-order valence-corrected chi connectivity index (χ2v) is 6.41. The highest BCUT2D eigenvalue weighted by Gasteiger charge is 2.31. The summed E-state index contributed by atoms with van der Waals surface area (Å²) in [7, 11) is 0. The first kappa shape index (κ1) is 15.8. The lowest BCUT2D eigenvalue weighted by Crippen LogP contribution is -2.46. The van der Waals surface area contributed by atoms with Crippen LogP contribution in [0.3, 0.4) is 0 Å². The zero-order valence-electron chi connectivity index (χ0n) is 12.4. The molecule has 0 saturated carbocycles. The van der Waals surface area contributed by atoms with E-state index in [1.54, 1.807) is 0 Å². The van der Waals surface area contributed by atoms with Crippen molar-refractivity contribution in [1.82, 2.24) is 9.88 Å². The van der Waals surface area contributed by atoms with Crippen molar-refractivity contribution < 1.29 is 14.7 Å². The van der Waals surface area contributed by atoms with Gasteiger partial charge in [0.2, 0.25) is 0 Å². The number of carbonyl (C=O) groups excluding carboxylic acids is 1. The summed E-state index contributed by atoms with van der Waals surface area (Å²) in [5, 5.41) is 12.6. The minimum absolute atomic E-state index is 0.360. The van der Waals surface area contributed by atoms with Crippen LogP contribution in [0.25, 0.3) is 0 Å². The number of aryl methyl sites for hydroxylation is 2. The number of likely N-dealkylation sites (tertiary alicyclic amines) is 1. The first-order valence-corrected chi connectivity index (χ1v) is 8.11. The summed E-state index contributed by atoms with van der Waals surface area (Å²) in [5.74, 6) is -0.934. The average Bonchev–Trinajstić information content (AvgIpc) is 2.66. The van der Waals surface area contributed by atoms with E-state index in [1.807, 2.05) is 13.8 Å². The lowest BCUT2D eigenvalue weighted by atomic mass is 10.1. The number of nitrogens with one attached hydrogen (secondary N) is 1. The zero-order valence-corrected chi connectivity index (χ0v) is 13.2. The quantitative estimate of drug-likeness (QED) is 0.899. The lowest BCUT2D eigenvalue weighted by molar-refractivity contribution is -0.142. The number of aliphatic carboxylic acids is 1. The van der Waals surface area contributed by atoms with Gasteiger partial charge in [0, 0.05) is 11.4 Å². The molecule has 0 radical (unpaired) electrons. The topological polar surface area (TPSA) is 82.5 Å². The van der Waals surface area contributed by atoms with E-state index in [0.29, 0.717) is 18.1 Å². The third kappa shape index (κ3) is 3.72. The number of carboxylic acid groups (broad SMARTS) is 1. The van der Waals surface area contributed by atoms with Crippen molar-refractivity contribution in [1.29, 1.82) is 0 Å². The van der Waals surface area contributed by atoms with Crippen LogP contribution in [0.4, 0.5) is 9.93 Å². The molecule has 21 heavy (non-hydrogen) atoms. The van der Waals surface area contributed by atoms with Crippen LogP contribution in [-0.4, -0.2) is 39.6 Å². The smallest absolute Gasteiger partial charge is 0.326 e. The number of hydrogen-bond donors (Lipinski definition) is 2. The molecule has 6 nitrogen and oxygen atoms in total. The Hall–Kier alpha value is -1.63. The van der Waals surface area contributed by atoms with Gasteiger partial charge < -0.3 is 10.0 Å². The highest BCUT2D eigenvalue weighted by molar-refractivity contribution is 7.15. The molecule has 1 saturated heterocycles. The van der Waals surface area contributed by atoms with Crippen LogP contribution in [0.2, 0.25) is 0 Å². The van der Waals surface area contributed by atoms with Crippen molar-refractivity contribution in [3.05, 3.63) is 10.6 Å². The predicted molar refractivity (Wildman–Crippen MR) is 81.8 cm³/mol. The van der Waals surface area contributed by atoms with Gasteiger partial charge >= 0.3 is 12.0 Å². The molecule has 1 aliphatic heterocycles. The third-order valence-electron chi connectivity index (χ3n) is 3.74. The number of carbonyl (C=O) groups is 2. The Kier molecular flexibility index (Phi) is 5.17. The van der Waals surface area contributed by atoms with Crippen molar-refractivity contribution >= 4 is 28.5 Å². The molecular weight excluding hydrogens is 290 g/mol. The van der Waals surface area contributed by atoms with Crippen LogP contribution >= 0.6 is 11.3 Å². The van der Waals surface area contributed by atoms with Gasteiger partial charge in [0.15, 0.2) is 5.13 Å². The number of amides is 2. The maximum atomic E-state index is 12.4. The van der Waals surface area contributed by atoms with E-state index in [0.717, 1.165) is 36.3 Å². The van der Waals surface area contributed by atoms with Crippen molar-refractivity contribution in [2.24, 2.45) is 0 Å². The lowest BCUT2D eigenvalue weighted by Gasteiger charge is -2.26. The largest absolute Gasteiger partial charge is 0.480 e. The maximum absolute atomic E-state index is 12.4. The predicted octanol–water partition coefficient (Wildman–Crippen LogP) is 2.88. The van der Waals surface area contributed by atoms with E-state index in [1.165, 1.54) is 16.2 Å². The molecule has 1 fully saturated rings. The Morgan fingerprint density at radius 2 is 2.19 bits per heavy atom. The molecule has 116 valence electrons. The van der Waals surface area contributed by atoms with Crippen LogP contribution in [-0.2, 0) is 11.2 Å². The van der Waals surface area contributed by atoms with Gasteiger partial charge in [-0.2, -0.15) is 0 Å². The molecule has 1 atom stereocenters. The Balaban J connectivity index is 2.10. The maximum Gasteiger partial charge on any atom is 0.326 e. The van der Waals surface area contributed by atoms with Crippen LogP contribution in [0, 0.1) is 6.92 Å². The number of urea groups is 1. The number of nitrogens with zero attached hydrogens (tertiary/aromatic N) is 2. The number of thiazole rings is 1. The second kappa shape index (κ2) is 6.89. The summed E-state index contributed by atoms with van der Waals surface area (Å²) in [5.41, 5.74) is 0.973. The first-order valence-electron chi connectivity index (χ1n) is 7.29. The molecule has 1 aromatic heterocycles. The minimum atomic E-state index is -0.934. The van der Waals surface area contributed by atoms with Gasteiger partial charge in [-0.1, -0.05) is 19.8 Å². The molecule has 0 bridgehead atoms. The molecule has 1 aliphatic rings. The van der Waals surface area contributed by atoms with E-state index in [-0.39, 0.29) is 6.03 Å². The van der Waals surface area contributed by atoms with Gasteiger partial charge in [-0.15, -0.1) is 11.3 Å². The molecule has 1 unspecified atom stereocenters. The molecule has 0 aliphatic carbocycles. The normalized spacial score (nSPS) is 19.1. The van der Waals surface area contributed by atoms with Gasteiger partial charge in [-0.05, 0) is 26.2 Å². The fourth-order valence-electron chi connectivity index (χ4n) is 2.58. The third-order valence-corrected chi connectivity index (χ3v) is 4.67. The summed E-state index contributed by atoms with van der Waals surface area (Å²) >= 11 is 1.43. The van der Waals surface area contributed by atoms with Gasteiger partial charge in [0.05, 0.1) is 5.69 Å². The van der Waals surface area contributed by atoms with Crippen LogP contribution < -0.4 is 5.32 Å². The summed E-state index contributed by atoms with van der Waals surface area (Å²) < 4.78 is 0. The van der Waals surface area contributed by atoms with Crippen molar-refractivity contribution in [3.63, 3.8) is 0 Å². The summed E-state index contributed by atoms with van der Waals surface area (Å²) in [6, 6.07) is -1.10. The van der Waals surface area contributed by atoms with E-state index in [4.69, 9.17) is 0 Å². The Labute approximate surface area is 128 Å². The van der Waals surface area contributed by atoms with Gasteiger partial charge in [-0.25, -0.2) is 14.6 Å². The summed E-state index contributed by atoms with van der Waals surface area (Å²) in [6.07, 6.45) is 3.98. The Morgan fingerprint density at radius 3 is 2.81 bits per heavy atom. The highest BCUT2D eigenvalue weighted by Crippen LogP contribution is 2.24. The van der Waals surface area contributed by atoms with Crippen molar-refractivity contribution in [2.75, 3.05) is 11.9 Å². The number of hydrogen-bond acceptors (Lipinski definition) is 4. The molecule has 7 heteroatoms. The molecule has 2 N–H and O–H groups in total. The van der Waals surface area contributed by atoms with Crippen molar-refractivity contribution in [3.8, 4) is 0 Å². The first-order chi connectivity index (χ1) is 10.0. The minimum Gasteiger partial charge on any atom is -0.480 e. The molecule has 0 spiro atoms. The van der Waals surface area contributed by atoms with Gasteiger partial charge in [-0.3, -0.25) is 5.32 Å². The van der Waals surface area contributed by atoms with Crippen LogP contribution in [0.5, 0.6) is 0 Å². The summed E-state index contributed by atoms with van der Waals surface area (Å²) in [4.78, 5) is 30.6. The summed E-state index contributed by atoms with van der Waals surface area (Å²) in [6.45, 7) is 4.47. The number of aromatic nitrogens is 1.